The lowest BCUT2D eigenvalue weighted by atomic mass is 10.2. The molecule has 0 aliphatic heterocycles. The van der Waals surface area contributed by atoms with Crippen molar-refractivity contribution in [2.45, 2.75) is 13.5 Å². The van der Waals surface area contributed by atoms with E-state index >= 15 is 0 Å². The Morgan fingerprint density at radius 2 is 2.05 bits per heavy atom. The summed E-state index contributed by atoms with van der Waals surface area (Å²) in [5.74, 6) is 0.566. The number of anilines is 2. The van der Waals surface area contributed by atoms with E-state index in [0.29, 0.717) is 23.4 Å². The Labute approximate surface area is 124 Å². The van der Waals surface area contributed by atoms with Crippen LogP contribution in [0.5, 0.6) is 0 Å². The molecular formula is C16H19N5. The molecule has 108 valence electrons. The van der Waals surface area contributed by atoms with Crippen LogP contribution in [0.15, 0.2) is 41.4 Å². The van der Waals surface area contributed by atoms with Crippen LogP contribution in [-0.4, -0.2) is 11.1 Å². The van der Waals surface area contributed by atoms with Crippen LogP contribution in [0.2, 0.25) is 0 Å². The lowest BCUT2D eigenvalue weighted by molar-refractivity contribution is 0.808. The lowest BCUT2D eigenvalue weighted by Crippen LogP contribution is -2.26. The Bertz CT molecular complexity index is 723. The second kappa shape index (κ2) is 6.62. The van der Waals surface area contributed by atoms with Crippen LogP contribution in [0.1, 0.15) is 18.1 Å². The number of nitriles is 1. The first-order chi connectivity index (χ1) is 10.2. The predicted octanol–water partition coefficient (Wildman–Crippen LogP) is 2.01. The molecule has 3 N–H and O–H groups in total. The molecule has 0 amide bonds. The second-order valence-corrected chi connectivity index (χ2v) is 4.68. The highest BCUT2D eigenvalue weighted by molar-refractivity contribution is 5.61. The van der Waals surface area contributed by atoms with E-state index in [4.69, 9.17) is 5.73 Å². The summed E-state index contributed by atoms with van der Waals surface area (Å²) in [5.41, 5.74) is 8.93. The van der Waals surface area contributed by atoms with Crippen molar-refractivity contribution >= 4 is 11.5 Å². The topological polar surface area (TPSA) is 79.1 Å². The fourth-order valence-electron chi connectivity index (χ4n) is 2.10. The number of benzene rings is 1. The zero-order valence-electron chi connectivity index (χ0n) is 12.3. The van der Waals surface area contributed by atoms with Crippen LogP contribution in [0, 0.1) is 11.3 Å². The van der Waals surface area contributed by atoms with E-state index in [1.165, 1.54) is 0 Å². The highest BCUT2D eigenvalue weighted by Crippen LogP contribution is 2.14. The van der Waals surface area contributed by atoms with Crippen LogP contribution >= 0.6 is 0 Å². The molecule has 2 aromatic rings. The van der Waals surface area contributed by atoms with Gasteiger partial charge >= 0.3 is 0 Å². The van der Waals surface area contributed by atoms with Gasteiger partial charge in [-0.1, -0.05) is 30.3 Å². The summed E-state index contributed by atoms with van der Waals surface area (Å²) >= 11 is 0. The van der Waals surface area contributed by atoms with Gasteiger partial charge in [-0.05, 0) is 12.5 Å². The van der Waals surface area contributed by atoms with Gasteiger partial charge in [0.25, 0.3) is 0 Å². The van der Waals surface area contributed by atoms with Gasteiger partial charge < -0.3 is 15.6 Å². The number of nitrogens with two attached hydrogens (primary N) is 1. The molecule has 5 heteroatoms. The summed E-state index contributed by atoms with van der Waals surface area (Å²) in [6.45, 7) is 3.21. The molecule has 0 unspecified atom stereocenters. The van der Waals surface area contributed by atoms with Crippen molar-refractivity contribution in [1.29, 1.82) is 5.26 Å². The van der Waals surface area contributed by atoms with E-state index in [1.54, 1.807) is 10.6 Å². The molecule has 0 saturated carbocycles. The fraction of sp³-hybridized carbons (Fsp3) is 0.250. The van der Waals surface area contributed by atoms with Crippen LogP contribution in [0.3, 0.4) is 0 Å². The summed E-state index contributed by atoms with van der Waals surface area (Å²) in [4.78, 5) is 4.57. The van der Waals surface area contributed by atoms with Crippen molar-refractivity contribution in [1.82, 2.24) is 4.57 Å². The van der Waals surface area contributed by atoms with Gasteiger partial charge in [0.2, 0.25) is 0 Å². The number of pyridine rings is 1. The van der Waals surface area contributed by atoms with Crippen LogP contribution < -0.4 is 16.5 Å². The summed E-state index contributed by atoms with van der Waals surface area (Å²) in [6, 6.07) is 13.9. The average Bonchev–Trinajstić information content (AvgIpc) is 2.50. The molecule has 0 aliphatic rings. The lowest BCUT2D eigenvalue weighted by Gasteiger charge is -2.12. The van der Waals surface area contributed by atoms with Crippen molar-refractivity contribution in [2.24, 2.45) is 12.0 Å². The minimum atomic E-state index is 0.512. The van der Waals surface area contributed by atoms with Gasteiger partial charge in [-0.15, -0.1) is 0 Å². The zero-order valence-corrected chi connectivity index (χ0v) is 12.3. The number of aromatic nitrogens is 1. The maximum Gasteiger partial charge on any atom is 0.149 e. The van der Waals surface area contributed by atoms with Gasteiger partial charge in [-0.25, -0.2) is 0 Å². The van der Waals surface area contributed by atoms with Gasteiger partial charge in [0, 0.05) is 19.7 Å². The smallest absolute Gasteiger partial charge is 0.149 e. The molecule has 21 heavy (non-hydrogen) atoms. The SMILES string of the molecule is CCNc1cc(N)n(C)c(=NCc2ccccc2)c1C#N. The van der Waals surface area contributed by atoms with Gasteiger partial charge in [-0.3, -0.25) is 4.99 Å². The van der Waals surface area contributed by atoms with E-state index in [2.05, 4.69) is 16.4 Å². The third-order valence-corrected chi connectivity index (χ3v) is 3.22. The quantitative estimate of drug-likeness (QED) is 0.899. The molecule has 2 rings (SSSR count). The van der Waals surface area contributed by atoms with Gasteiger partial charge in [0.1, 0.15) is 22.9 Å². The van der Waals surface area contributed by atoms with Gasteiger partial charge in [0.15, 0.2) is 0 Å². The third-order valence-electron chi connectivity index (χ3n) is 3.22. The van der Waals surface area contributed by atoms with E-state index < -0.39 is 0 Å². The molecule has 0 aliphatic carbocycles. The van der Waals surface area contributed by atoms with Crippen molar-refractivity contribution in [2.75, 3.05) is 17.6 Å². The van der Waals surface area contributed by atoms with Crippen molar-refractivity contribution in [3.05, 3.63) is 53.0 Å². The Morgan fingerprint density at radius 1 is 1.33 bits per heavy atom. The van der Waals surface area contributed by atoms with Crippen molar-refractivity contribution < 1.29 is 0 Å². The highest BCUT2D eigenvalue weighted by atomic mass is 15.1. The van der Waals surface area contributed by atoms with Crippen LogP contribution in [-0.2, 0) is 13.6 Å². The molecule has 0 saturated heterocycles. The normalized spacial score (nSPS) is 11.2. The van der Waals surface area contributed by atoms with Crippen LogP contribution in [0.25, 0.3) is 0 Å². The van der Waals surface area contributed by atoms with Crippen molar-refractivity contribution in [3.63, 3.8) is 0 Å². The molecule has 0 spiro atoms. The van der Waals surface area contributed by atoms with Crippen molar-refractivity contribution in [3.8, 4) is 6.07 Å². The molecule has 0 radical (unpaired) electrons. The van der Waals surface area contributed by atoms with E-state index in [0.717, 1.165) is 17.8 Å². The molecular weight excluding hydrogens is 262 g/mol. The number of rotatable bonds is 4. The third kappa shape index (κ3) is 3.23. The number of nitrogen functional groups attached to an aromatic ring is 1. The maximum atomic E-state index is 9.43. The monoisotopic (exact) mass is 281 g/mol. The summed E-state index contributed by atoms with van der Waals surface area (Å²) in [5, 5.41) is 12.6. The van der Waals surface area contributed by atoms with E-state index in [9.17, 15) is 5.26 Å². The van der Waals surface area contributed by atoms with Gasteiger partial charge in [0.05, 0.1) is 12.2 Å². The minimum absolute atomic E-state index is 0.512. The van der Waals surface area contributed by atoms with Crippen LogP contribution in [0.4, 0.5) is 11.5 Å². The molecule has 1 aromatic heterocycles. The minimum Gasteiger partial charge on any atom is -0.385 e. The summed E-state index contributed by atoms with van der Waals surface area (Å²) in [6.07, 6.45) is 0. The standard InChI is InChI=1S/C16H19N5/c1-3-19-14-9-15(18)21(2)16(13(14)10-17)20-11-12-7-5-4-6-8-12/h4-9,19H,3,11,18H2,1-2H3. The second-order valence-electron chi connectivity index (χ2n) is 4.68. The summed E-state index contributed by atoms with van der Waals surface area (Å²) < 4.78 is 1.74. The largest absolute Gasteiger partial charge is 0.385 e. The first kappa shape index (κ1) is 14.7. The fourth-order valence-corrected chi connectivity index (χ4v) is 2.10. The van der Waals surface area contributed by atoms with E-state index in [-0.39, 0.29) is 0 Å². The molecule has 1 aromatic carbocycles. The Kier molecular flexibility index (Phi) is 4.62. The Hall–Kier alpha value is -2.74. The molecule has 5 nitrogen and oxygen atoms in total. The highest BCUT2D eigenvalue weighted by Gasteiger charge is 2.09. The summed E-state index contributed by atoms with van der Waals surface area (Å²) in [7, 11) is 1.82. The first-order valence-corrected chi connectivity index (χ1v) is 6.85. The molecule has 1 heterocycles. The number of nitrogens with zero attached hydrogens (tertiary/aromatic N) is 3. The predicted molar refractivity (Wildman–Crippen MR) is 84.4 cm³/mol. The maximum absolute atomic E-state index is 9.43. The molecule has 0 atom stereocenters. The Morgan fingerprint density at radius 3 is 2.67 bits per heavy atom. The Balaban J connectivity index is 2.53. The average molecular weight is 281 g/mol. The molecule has 0 bridgehead atoms. The number of nitrogens with one attached hydrogen (secondary N) is 1. The zero-order chi connectivity index (χ0) is 15.2. The first-order valence-electron chi connectivity index (χ1n) is 6.85. The van der Waals surface area contributed by atoms with E-state index in [1.807, 2.05) is 44.3 Å². The van der Waals surface area contributed by atoms with Gasteiger partial charge in [-0.2, -0.15) is 5.26 Å². The number of hydrogen-bond acceptors (Lipinski definition) is 4. The molecule has 0 fully saturated rings. The number of hydrogen-bond donors (Lipinski definition) is 2.